The molecule has 0 aromatic heterocycles. The molecule has 0 amide bonds. The third-order valence-electron chi connectivity index (χ3n) is 1.97. The number of hydrogen-bond donors (Lipinski definition) is 1. The molecule has 6 nitrogen and oxygen atoms in total. The second kappa shape index (κ2) is 5.69. The Labute approximate surface area is 91.1 Å². The number of hydrazine groups is 1. The van der Waals surface area contributed by atoms with Crippen molar-refractivity contribution in [3.05, 3.63) is 40.5 Å². The normalized spacial score (nSPS) is 11.4. The van der Waals surface area contributed by atoms with E-state index in [-0.39, 0.29) is 6.54 Å². The lowest BCUT2D eigenvalue weighted by atomic mass is 10.2. The highest BCUT2D eigenvalue weighted by Crippen LogP contribution is 2.13. The minimum atomic E-state index is -0.763. The van der Waals surface area contributed by atoms with Gasteiger partial charge in [0.15, 0.2) is 0 Å². The van der Waals surface area contributed by atoms with Gasteiger partial charge in [-0.1, -0.05) is 5.11 Å². The summed E-state index contributed by atoms with van der Waals surface area (Å²) in [6.45, 7) is -0.0755. The zero-order chi connectivity index (χ0) is 12.0. The lowest BCUT2D eigenvalue weighted by Gasteiger charge is -2.23. The van der Waals surface area contributed by atoms with E-state index in [0.717, 1.165) is 5.01 Å². The number of carbonyl (C=O) groups is 1. The van der Waals surface area contributed by atoms with E-state index in [9.17, 15) is 9.18 Å². The fourth-order valence-corrected chi connectivity index (χ4v) is 1.12. The summed E-state index contributed by atoms with van der Waals surface area (Å²) in [5, 5.41) is 4.39. The van der Waals surface area contributed by atoms with Crippen LogP contribution in [0.3, 0.4) is 0 Å². The van der Waals surface area contributed by atoms with E-state index in [1.54, 1.807) is 0 Å². The zero-order valence-corrected chi connectivity index (χ0v) is 8.32. The third kappa shape index (κ3) is 2.94. The van der Waals surface area contributed by atoms with Crippen molar-refractivity contribution in [3.8, 4) is 0 Å². The summed E-state index contributed by atoms with van der Waals surface area (Å²) >= 11 is 0. The minimum absolute atomic E-state index is 0.0755. The largest absolute Gasteiger partial charge is 0.301 e. The zero-order valence-electron chi connectivity index (χ0n) is 8.32. The Morgan fingerprint density at radius 1 is 1.56 bits per heavy atom. The first-order valence-corrected chi connectivity index (χ1v) is 4.44. The summed E-state index contributed by atoms with van der Waals surface area (Å²) in [6.07, 6.45) is 0.567. The molecule has 16 heavy (non-hydrogen) atoms. The summed E-state index contributed by atoms with van der Waals surface area (Å²) in [5.74, 6) is 5.24. The maximum absolute atomic E-state index is 12.6. The lowest BCUT2D eigenvalue weighted by molar-refractivity contribution is -0.108. The number of hydrogen-bond acceptors (Lipinski definition) is 4. The fourth-order valence-electron chi connectivity index (χ4n) is 1.12. The quantitative estimate of drug-likeness (QED) is 0.204. The van der Waals surface area contributed by atoms with E-state index in [4.69, 9.17) is 11.4 Å². The molecule has 2 N–H and O–H groups in total. The maximum atomic E-state index is 12.6. The van der Waals surface area contributed by atoms with Crippen LogP contribution in [-0.4, -0.2) is 18.9 Å². The van der Waals surface area contributed by atoms with Gasteiger partial charge in [-0.3, -0.25) is 0 Å². The van der Waals surface area contributed by atoms with Crippen LogP contribution in [0.1, 0.15) is 0 Å². The average molecular weight is 223 g/mol. The van der Waals surface area contributed by atoms with Gasteiger partial charge in [-0.15, -0.1) is 0 Å². The van der Waals surface area contributed by atoms with Gasteiger partial charge in [-0.2, -0.15) is 0 Å². The Kier molecular flexibility index (Phi) is 4.26. The summed E-state index contributed by atoms with van der Waals surface area (Å²) in [7, 11) is 0. The number of rotatable bonds is 5. The molecule has 1 aromatic rings. The molecule has 1 rings (SSSR count). The number of aldehydes is 1. The van der Waals surface area contributed by atoms with Crippen molar-refractivity contribution in [2.75, 3.05) is 11.6 Å². The van der Waals surface area contributed by atoms with Crippen LogP contribution >= 0.6 is 0 Å². The minimum Gasteiger partial charge on any atom is -0.301 e. The molecular formula is C9H10FN5O. The first kappa shape index (κ1) is 12.0. The van der Waals surface area contributed by atoms with E-state index in [1.807, 2.05) is 0 Å². The number of benzene rings is 1. The van der Waals surface area contributed by atoms with Gasteiger partial charge in [0.25, 0.3) is 0 Å². The van der Waals surface area contributed by atoms with E-state index in [0.29, 0.717) is 12.0 Å². The molecule has 0 fully saturated rings. The van der Waals surface area contributed by atoms with Gasteiger partial charge < -0.3 is 9.80 Å². The van der Waals surface area contributed by atoms with Gasteiger partial charge in [-0.05, 0) is 29.8 Å². The van der Waals surface area contributed by atoms with Crippen molar-refractivity contribution < 1.29 is 9.18 Å². The molecule has 0 heterocycles. The number of carbonyl (C=O) groups excluding carboxylic acids is 1. The molecule has 0 bridgehead atoms. The molecule has 0 aliphatic heterocycles. The maximum Gasteiger partial charge on any atom is 0.144 e. The second-order valence-corrected chi connectivity index (χ2v) is 3.00. The van der Waals surface area contributed by atoms with Gasteiger partial charge in [0.1, 0.15) is 18.1 Å². The first-order chi connectivity index (χ1) is 7.69. The summed E-state index contributed by atoms with van der Waals surface area (Å²) < 4.78 is 12.6. The average Bonchev–Trinajstić information content (AvgIpc) is 2.30. The number of azide groups is 1. The van der Waals surface area contributed by atoms with Crippen LogP contribution in [0, 0.1) is 5.82 Å². The van der Waals surface area contributed by atoms with Crippen molar-refractivity contribution >= 4 is 12.0 Å². The number of nitrogens with two attached hydrogens (primary N) is 1. The highest BCUT2D eigenvalue weighted by molar-refractivity contribution is 5.65. The molecule has 0 aliphatic carbocycles. The van der Waals surface area contributed by atoms with Gasteiger partial charge in [0.2, 0.25) is 0 Å². The van der Waals surface area contributed by atoms with Crippen LogP contribution in [0.5, 0.6) is 0 Å². The smallest absolute Gasteiger partial charge is 0.144 e. The van der Waals surface area contributed by atoms with Crippen LogP contribution < -0.4 is 10.9 Å². The van der Waals surface area contributed by atoms with Gasteiger partial charge in [0.05, 0.1) is 12.2 Å². The number of anilines is 1. The van der Waals surface area contributed by atoms with Crippen LogP contribution in [-0.2, 0) is 4.79 Å². The van der Waals surface area contributed by atoms with Crippen LogP contribution in [0.15, 0.2) is 29.4 Å². The monoisotopic (exact) mass is 223 g/mol. The molecule has 0 spiro atoms. The van der Waals surface area contributed by atoms with E-state index < -0.39 is 11.9 Å². The Morgan fingerprint density at radius 2 is 2.19 bits per heavy atom. The third-order valence-corrected chi connectivity index (χ3v) is 1.97. The van der Waals surface area contributed by atoms with Gasteiger partial charge >= 0.3 is 0 Å². The predicted octanol–water partition coefficient (Wildman–Crippen LogP) is 1.38. The topological polar surface area (TPSA) is 95.1 Å². The van der Waals surface area contributed by atoms with Crippen molar-refractivity contribution in [2.24, 2.45) is 11.0 Å². The SMILES string of the molecule is [N-]=[N+]=NCC(C=O)N(N)c1ccc(F)cc1. The summed E-state index contributed by atoms with van der Waals surface area (Å²) in [5.41, 5.74) is 8.60. The molecule has 0 radical (unpaired) electrons. The second-order valence-electron chi connectivity index (χ2n) is 3.00. The molecular weight excluding hydrogens is 213 g/mol. The van der Waals surface area contributed by atoms with Crippen molar-refractivity contribution in [3.63, 3.8) is 0 Å². The van der Waals surface area contributed by atoms with E-state index in [2.05, 4.69) is 10.0 Å². The van der Waals surface area contributed by atoms with Crippen LogP contribution in [0.4, 0.5) is 10.1 Å². The van der Waals surface area contributed by atoms with Crippen LogP contribution in [0.2, 0.25) is 0 Å². The molecule has 1 aromatic carbocycles. The van der Waals surface area contributed by atoms with Gasteiger partial charge in [-0.25, -0.2) is 10.2 Å². The molecule has 1 unspecified atom stereocenters. The molecule has 84 valence electrons. The molecule has 7 heteroatoms. The number of halogens is 1. The predicted molar refractivity (Wildman–Crippen MR) is 56.9 cm³/mol. The Morgan fingerprint density at radius 3 is 2.69 bits per heavy atom. The van der Waals surface area contributed by atoms with Crippen molar-refractivity contribution in [2.45, 2.75) is 6.04 Å². The van der Waals surface area contributed by atoms with Crippen molar-refractivity contribution in [1.82, 2.24) is 0 Å². The molecule has 1 atom stereocenters. The number of nitrogens with zero attached hydrogens (tertiary/aromatic N) is 4. The lowest BCUT2D eigenvalue weighted by Crippen LogP contribution is -2.44. The highest BCUT2D eigenvalue weighted by Gasteiger charge is 2.14. The molecule has 0 saturated carbocycles. The highest BCUT2D eigenvalue weighted by atomic mass is 19.1. The summed E-state index contributed by atoms with van der Waals surface area (Å²) in [6, 6.07) is 4.56. The Balaban J connectivity index is 2.81. The van der Waals surface area contributed by atoms with Crippen LogP contribution in [0.25, 0.3) is 10.4 Å². The van der Waals surface area contributed by atoms with Gasteiger partial charge in [0, 0.05) is 4.91 Å². The molecule has 0 saturated heterocycles. The Hall–Kier alpha value is -2.11. The van der Waals surface area contributed by atoms with Crippen molar-refractivity contribution in [1.29, 1.82) is 0 Å². The Bertz CT molecular complexity index is 401. The summed E-state index contributed by atoms with van der Waals surface area (Å²) in [4.78, 5) is 13.3. The van der Waals surface area contributed by atoms with E-state index in [1.165, 1.54) is 24.3 Å². The standard InChI is InChI=1S/C9H10FN5O/c10-7-1-3-8(4-2-7)15(12)9(6-16)5-13-14-11/h1-4,6,9H,5,12H2. The molecule has 0 aliphatic rings. The fraction of sp³-hybridized carbons (Fsp3) is 0.222. The first-order valence-electron chi connectivity index (χ1n) is 4.44. The van der Waals surface area contributed by atoms with E-state index >= 15 is 0 Å².